The van der Waals surface area contributed by atoms with Gasteiger partial charge >= 0.3 is 0 Å². The van der Waals surface area contributed by atoms with Crippen molar-refractivity contribution < 1.29 is 9.47 Å². The Labute approximate surface area is 195 Å². The molecule has 1 aliphatic rings. The first kappa shape index (κ1) is 21.4. The van der Waals surface area contributed by atoms with E-state index in [1.165, 1.54) is 38.8 Å². The highest BCUT2D eigenvalue weighted by molar-refractivity contribution is 5.83. The topological polar surface area (TPSA) is 49.5 Å². The number of hydrogen-bond acceptors (Lipinski definition) is 4. The van der Waals surface area contributed by atoms with Crippen LogP contribution in [0.3, 0.4) is 0 Å². The van der Waals surface area contributed by atoms with E-state index >= 15 is 0 Å². The molecule has 170 valence electrons. The number of nitrogens with zero attached hydrogens (tertiary/aromatic N) is 1. The summed E-state index contributed by atoms with van der Waals surface area (Å²) in [5, 5.41) is 4.96. The van der Waals surface area contributed by atoms with Crippen molar-refractivity contribution >= 4 is 16.6 Å². The van der Waals surface area contributed by atoms with Crippen LogP contribution in [0.25, 0.3) is 10.9 Å². The Hall–Kier alpha value is -3.44. The predicted molar refractivity (Wildman–Crippen MR) is 134 cm³/mol. The Bertz CT molecular complexity index is 1260. The van der Waals surface area contributed by atoms with Crippen LogP contribution in [0.5, 0.6) is 11.5 Å². The lowest BCUT2D eigenvalue weighted by atomic mass is 9.88. The van der Waals surface area contributed by atoms with E-state index in [4.69, 9.17) is 9.47 Å². The maximum absolute atomic E-state index is 5.67. The Morgan fingerprint density at radius 3 is 2.58 bits per heavy atom. The molecule has 2 heterocycles. The number of hydrogen-bond donors (Lipinski definition) is 2. The number of aromatic amines is 1. The number of aromatic nitrogens is 1. The molecule has 0 aliphatic carbocycles. The molecule has 1 aliphatic heterocycles. The molecule has 0 spiro atoms. The Morgan fingerprint density at radius 2 is 1.76 bits per heavy atom. The minimum atomic E-state index is 0.226. The summed E-state index contributed by atoms with van der Waals surface area (Å²) < 4.78 is 11.3. The molecule has 1 unspecified atom stereocenters. The molecule has 0 saturated carbocycles. The third-order valence-corrected chi connectivity index (χ3v) is 6.82. The Balaban J connectivity index is 1.51. The third-order valence-electron chi connectivity index (χ3n) is 6.82. The maximum Gasteiger partial charge on any atom is 0.161 e. The summed E-state index contributed by atoms with van der Waals surface area (Å²) in [5.41, 5.74) is 7.61. The zero-order chi connectivity index (χ0) is 22.8. The second kappa shape index (κ2) is 9.20. The van der Waals surface area contributed by atoms with Crippen molar-refractivity contribution in [3.05, 3.63) is 89.1 Å². The lowest BCUT2D eigenvalue weighted by molar-refractivity contribution is 0.196. The van der Waals surface area contributed by atoms with Crippen molar-refractivity contribution in [1.29, 1.82) is 0 Å². The van der Waals surface area contributed by atoms with Gasteiger partial charge in [0.25, 0.3) is 0 Å². The standard InChI is InChI=1S/C28H31N3O2/c1-19-8-4-6-10-24(19)30-18-31-13-12-20-15-27(32-2)28(33-3)16-23(20)26(31)14-21-17-29-25-11-7-5-9-22(21)25/h4-11,15-17,26,29-30H,12-14,18H2,1-3H3. The molecule has 4 aromatic rings. The minimum Gasteiger partial charge on any atom is -0.493 e. The molecule has 5 rings (SSSR count). The summed E-state index contributed by atoms with van der Waals surface area (Å²) in [6.45, 7) is 3.91. The van der Waals surface area contributed by atoms with E-state index < -0.39 is 0 Å². The molecule has 33 heavy (non-hydrogen) atoms. The monoisotopic (exact) mass is 441 g/mol. The number of nitrogens with one attached hydrogen (secondary N) is 2. The van der Waals surface area contributed by atoms with Crippen LogP contribution in [0.15, 0.2) is 66.9 Å². The molecular formula is C28H31N3O2. The number of para-hydroxylation sites is 2. The fourth-order valence-corrected chi connectivity index (χ4v) is 4.98. The number of rotatable bonds is 7. The number of H-pyrrole nitrogens is 1. The molecule has 0 radical (unpaired) electrons. The summed E-state index contributed by atoms with van der Waals surface area (Å²) in [4.78, 5) is 5.99. The fraction of sp³-hybridized carbons (Fsp3) is 0.286. The van der Waals surface area contributed by atoms with Crippen molar-refractivity contribution in [2.24, 2.45) is 0 Å². The van der Waals surface area contributed by atoms with Crippen LogP contribution in [0.4, 0.5) is 5.69 Å². The van der Waals surface area contributed by atoms with Gasteiger partial charge in [0.05, 0.1) is 20.9 Å². The van der Waals surface area contributed by atoms with Crippen LogP contribution in [-0.2, 0) is 12.8 Å². The fourth-order valence-electron chi connectivity index (χ4n) is 4.98. The molecule has 3 aromatic carbocycles. The van der Waals surface area contributed by atoms with Gasteiger partial charge in [-0.05, 0) is 66.3 Å². The molecule has 2 N–H and O–H groups in total. The minimum absolute atomic E-state index is 0.226. The number of benzene rings is 3. The molecule has 0 bridgehead atoms. The third kappa shape index (κ3) is 4.16. The molecular weight excluding hydrogens is 410 g/mol. The van der Waals surface area contributed by atoms with Gasteiger partial charge in [-0.1, -0.05) is 36.4 Å². The van der Waals surface area contributed by atoms with Crippen molar-refractivity contribution in [3.8, 4) is 11.5 Å². The van der Waals surface area contributed by atoms with Gasteiger partial charge in [-0.2, -0.15) is 0 Å². The van der Waals surface area contributed by atoms with Crippen LogP contribution < -0.4 is 14.8 Å². The van der Waals surface area contributed by atoms with Crippen molar-refractivity contribution in [3.63, 3.8) is 0 Å². The largest absolute Gasteiger partial charge is 0.493 e. The van der Waals surface area contributed by atoms with E-state index in [9.17, 15) is 0 Å². The van der Waals surface area contributed by atoms with Crippen molar-refractivity contribution in [1.82, 2.24) is 9.88 Å². The zero-order valence-corrected chi connectivity index (χ0v) is 19.5. The SMILES string of the molecule is COc1cc2c(cc1OC)C(Cc1c[nH]c3ccccc13)N(CNc1ccccc1C)CC2. The predicted octanol–water partition coefficient (Wildman–Crippen LogP) is 5.71. The lowest BCUT2D eigenvalue weighted by Crippen LogP contribution is -2.40. The van der Waals surface area contributed by atoms with Crippen LogP contribution >= 0.6 is 0 Å². The Kier molecular flexibility index (Phi) is 5.97. The second-order valence-corrected chi connectivity index (χ2v) is 8.70. The first-order chi connectivity index (χ1) is 16.2. The summed E-state index contributed by atoms with van der Waals surface area (Å²) in [6.07, 6.45) is 4.06. The van der Waals surface area contributed by atoms with Crippen LogP contribution in [-0.4, -0.2) is 37.3 Å². The number of ether oxygens (including phenoxy) is 2. The summed E-state index contributed by atoms with van der Waals surface area (Å²) in [6, 6.07) is 21.5. The summed E-state index contributed by atoms with van der Waals surface area (Å²) in [7, 11) is 3.41. The molecule has 1 atom stereocenters. The van der Waals surface area contributed by atoms with Crippen LogP contribution in [0, 0.1) is 6.92 Å². The van der Waals surface area contributed by atoms with E-state index in [-0.39, 0.29) is 6.04 Å². The van der Waals surface area contributed by atoms with Gasteiger partial charge in [0.2, 0.25) is 0 Å². The molecule has 0 fully saturated rings. The average Bonchev–Trinajstić information content (AvgIpc) is 3.26. The Morgan fingerprint density at radius 1 is 1.00 bits per heavy atom. The molecule has 0 amide bonds. The molecule has 0 saturated heterocycles. The van der Waals surface area contributed by atoms with Crippen LogP contribution in [0.2, 0.25) is 0 Å². The molecule has 5 nitrogen and oxygen atoms in total. The highest BCUT2D eigenvalue weighted by Gasteiger charge is 2.30. The van der Waals surface area contributed by atoms with E-state index in [0.717, 1.165) is 37.6 Å². The smallest absolute Gasteiger partial charge is 0.161 e. The van der Waals surface area contributed by atoms with E-state index in [1.54, 1.807) is 14.2 Å². The second-order valence-electron chi connectivity index (χ2n) is 8.70. The van der Waals surface area contributed by atoms with Gasteiger partial charge < -0.3 is 19.8 Å². The number of aryl methyl sites for hydroxylation is 1. The number of anilines is 1. The average molecular weight is 442 g/mol. The van der Waals surface area contributed by atoms with E-state index in [2.05, 4.69) is 89.0 Å². The van der Waals surface area contributed by atoms with Gasteiger partial charge in [-0.25, -0.2) is 0 Å². The lowest BCUT2D eigenvalue weighted by Gasteiger charge is -2.38. The maximum atomic E-state index is 5.67. The van der Waals surface area contributed by atoms with Gasteiger partial charge in [-0.15, -0.1) is 0 Å². The number of fused-ring (bicyclic) bond motifs is 2. The zero-order valence-electron chi connectivity index (χ0n) is 19.5. The summed E-state index contributed by atoms with van der Waals surface area (Å²) in [5.74, 6) is 1.59. The number of methoxy groups -OCH3 is 2. The van der Waals surface area contributed by atoms with Gasteiger partial charge in [0, 0.05) is 35.4 Å². The van der Waals surface area contributed by atoms with Gasteiger partial charge in [0.1, 0.15) is 0 Å². The highest BCUT2D eigenvalue weighted by atomic mass is 16.5. The van der Waals surface area contributed by atoms with Crippen molar-refractivity contribution in [2.45, 2.75) is 25.8 Å². The van der Waals surface area contributed by atoms with Crippen LogP contribution in [0.1, 0.15) is 28.3 Å². The first-order valence-corrected chi connectivity index (χ1v) is 11.5. The van der Waals surface area contributed by atoms with Crippen molar-refractivity contribution in [2.75, 3.05) is 32.7 Å². The molecule has 1 aromatic heterocycles. The summed E-state index contributed by atoms with van der Waals surface area (Å²) >= 11 is 0. The first-order valence-electron chi connectivity index (χ1n) is 11.5. The normalized spacial score (nSPS) is 15.9. The van der Waals surface area contributed by atoms with E-state index in [1.807, 2.05) is 0 Å². The quantitative estimate of drug-likeness (QED) is 0.386. The van der Waals surface area contributed by atoms with Gasteiger partial charge in [-0.3, -0.25) is 4.90 Å². The molecule has 5 heteroatoms. The van der Waals surface area contributed by atoms with Gasteiger partial charge in [0.15, 0.2) is 11.5 Å². The van der Waals surface area contributed by atoms with E-state index in [0.29, 0.717) is 0 Å². The highest BCUT2D eigenvalue weighted by Crippen LogP contribution is 2.40.